The molecular formula is C11H18F3NO. The van der Waals surface area contributed by atoms with Crippen molar-refractivity contribution in [3.8, 4) is 0 Å². The molecule has 1 saturated heterocycles. The van der Waals surface area contributed by atoms with Gasteiger partial charge in [0.05, 0.1) is 0 Å². The van der Waals surface area contributed by atoms with Crippen molar-refractivity contribution in [1.82, 2.24) is 4.90 Å². The third-order valence-electron chi connectivity index (χ3n) is 3.38. The molecule has 1 amide bonds. The van der Waals surface area contributed by atoms with E-state index in [1.807, 2.05) is 0 Å². The highest BCUT2D eigenvalue weighted by molar-refractivity contribution is 5.77. The van der Waals surface area contributed by atoms with Crippen molar-refractivity contribution in [2.75, 3.05) is 13.1 Å². The molecule has 1 aliphatic heterocycles. The molecule has 2 unspecified atom stereocenters. The Kier molecular flexibility index (Phi) is 4.21. The molecule has 2 nitrogen and oxygen atoms in total. The van der Waals surface area contributed by atoms with Crippen LogP contribution in [0.2, 0.25) is 0 Å². The second-order valence-electron chi connectivity index (χ2n) is 4.57. The fourth-order valence-electron chi connectivity index (χ4n) is 2.09. The van der Waals surface area contributed by atoms with Crippen LogP contribution in [0, 0.1) is 11.8 Å². The van der Waals surface area contributed by atoms with Crippen LogP contribution < -0.4 is 0 Å². The number of carbonyl (C=O) groups excluding carboxylic acids is 1. The van der Waals surface area contributed by atoms with E-state index in [4.69, 9.17) is 0 Å². The first-order valence-corrected chi connectivity index (χ1v) is 5.68. The zero-order valence-corrected chi connectivity index (χ0v) is 9.68. The summed E-state index contributed by atoms with van der Waals surface area (Å²) in [6.45, 7) is 5.11. The van der Waals surface area contributed by atoms with E-state index in [1.54, 1.807) is 0 Å². The molecule has 0 bridgehead atoms. The molecule has 94 valence electrons. The van der Waals surface area contributed by atoms with Crippen LogP contribution in [-0.4, -0.2) is 30.1 Å². The number of amides is 1. The molecular weight excluding hydrogens is 219 g/mol. The van der Waals surface area contributed by atoms with Gasteiger partial charge in [-0.1, -0.05) is 20.3 Å². The number of likely N-dealkylation sites (tertiary alicyclic amines) is 1. The number of nitrogens with zero attached hydrogens (tertiary/aromatic N) is 1. The minimum Gasteiger partial charge on any atom is -0.342 e. The Morgan fingerprint density at radius 1 is 1.50 bits per heavy atom. The predicted molar refractivity (Wildman–Crippen MR) is 54.8 cm³/mol. The summed E-state index contributed by atoms with van der Waals surface area (Å²) in [4.78, 5) is 12.7. The quantitative estimate of drug-likeness (QED) is 0.739. The first kappa shape index (κ1) is 13.3. The van der Waals surface area contributed by atoms with Crippen molar-refractivity contribution in [2.45, 2.75) is 39.3 Å². The van der Waals surface area contributed by atoms with Crippen LogP contribution in [0.25, 0.3) is 0 Å². The zero-order chi connectivity index (χ0) is 12.3. The zero-order valence-electron chi connectivity index (χ0n) is 9.68. The molecule has 0 N–H and O–H groups in total. The summed E-state index contributed by atoms with van der Waals surface area (Å²) in [5.41, 5.74) is 0. The number of hydrogen-bond donors (Lipinski definition) is 0. The van der Waals surface area contributed by atoms with E-state index < -0.39 is 18.5 Å². The van der Waals surface area contributed by atoms with E-state index >= 15 is 0 Å². The van der Waals surface area contributed by atoms with E-state index in [1.165, 1.54) is 4.90 Å². The lowest BCUT2D eigenvalue weighted by Gasteiger charge is -2.20. The first-order chi connectivity index (χ1) is 7.33. The summed E-state index contributed by atoms with van der Waals surface area (Å²) in [7, 11) is 0. The normalized spacial score (nSPS) is 23.6. The van der Waals surface area contributed by atoms with Gasteiger partial charge in [-0.2, -0.15) is 13.2 Å². The summed E-state index contributed by atoms with van der Waals surface area (Å²) in [5, 5.41) is 0. The van der Waals surface area contributed by atoms with Crippen molar-refractivity contribution in [1.29, 1.82) is 0 Å². The average molecular weight is 237 g/mol. The van der Waals surface area contributed by atoms with Gasteiger partial charge in [0.25, 0.3) is 0 Å². The number of hydrogen-bond acceptors (Lipinski definition) is 1. The smallest absolute Gasteiger partial charge is 0.342 e. The lowest BCUT2D eigenvalue weighted by atomic mass is 9.91. The summed E-state index contributed by atoms with van der Waals surface area (Å²) in [6, 6.07) is 0. The van der Waals surface area contributed by atoms with E-state index in [9.17, 15) is 18.0 Å². The fraction of sp³-hybridized carbons (Fsp3) is 0.909. The maximum Gasteiger partial charge on any atom is 0.397 e. The van der Waals surface area contributed by atoms with E-state index in [0.29, 0.717) is 24.9 Å². The molecule has 0 aliphatic carbocycles. The van der Waals surface area contributed by atoms with E-state index in [0.717, 1.165) is 12.8 Å². The van der Waals surface area contributed by atoms with Crippen LogP contribution in [0.3, 0.4) is 0 Å². The minimum absolute atomic E-state index is 0.363. The molecule has 1 heterocycles. The van der Waals surface area contributed by atoms with Crippen molar-refractivity contribution < 1.29 is 18.0 Å². The van der Waals surface area contributed by atoms with Crippen LogP contribution in [0.5, 0.6) is 0 Å². The van der Waals surface area contributed by atoms with Crippen molar-refractivity contribution in [3.05, 3.63) is 0 Å². The van der Waals surface area contributed by atoms with Gasteiger partial charge in [-0.05, 0) is 18.3 Å². The summed E-state index contributed by atoms with van der Waals surface area (Å²) >= 11 is 0. The average Bonchev–Trinajstić information content (AvgIpc) is 2.62. The van der Waals surface area contributed by atoms with Crippen LogP contribution in [0.15, 0.2) is 0 Å². The van der Waals surface area contributed by atoms with Gasteiger partial charge in [0.2, 0.25) is 5.91 Å². The van der Waals surface area contributed by atoms with Crippen molar-refractivity contribution in [3.63, 3.8) is 0 Å². The number of rotatable bonds is 3. The largest absolute Gasteiger partial charge is 0.397 e. The lowest BCUT2D eigenvalue weighted by Crippen LogP contribution is -2.32. The van der Waals surface area contributed by atoms with Gasteiger partial charge >= 0.3 is 6.18 Å². The van der Waals surface area contributed by atoms with Crippen LogP contribution in [0.4, 0.5) is 13.2 Å². The molecule has 0 spiro atoms. The molecule has 0 aromatic rings. The first-order valence-electron chi connectivity index (χ1n) is 5.68. The van der Waals surface area contributed by atoms with Gasteiger partial charge in [0.1, 0.15) is 6.42 Å². The Balaban J connectivity index is 2.44. The van der Waals surface area contributed by atoms with Gasteiger partial charge in [0, 0.05) is 13.1 Å². The molecule has 1 fully saturated rings. The molecule has 1 rings (SSSR count). The number of carbonyl (C=O) groups is 1. The maximum atomic E-state index is 12.0. The molecule has 5 heteroatoms. The van der Waals surface area contributed by atoms with Crippen LogP contribution in [-0.2, 0) is 4.79 Å². The Labute approximate surface area is 93.8 Å². The summed E-state index contributed by atoms with van der Waals surface area (Å²) < 4.78 is 36.1. The highest BCUT2D eigenvalue weighted by atomic mass is 19.4. The molecule has 0 aromatic heterocycles. The standard InChI is InChI=1S/C11H18F3NO/c1-3-8(2)9-4-5-15(7-9)10(16)6-11(12,13)14/h8-9H,3-7H2,1-2H3. The second kappa shape index (κ2) is 5.06. The van der Waals surface area contributed by atoms with Gasteiger partial charge < -0.3 is 4.90 Å². The van der Waals surface area contributed by atoms with Crippen LogP contribution in [0.1, 0.15) is 33.1 Å². The highest BCUT2D eigenvalue weighted by Gasteiger charge is 2.36. The lowest BCUT2D eigenvalue weighted by molar-refractivity contribution is -0.160. The van der Waals surface area contributed by atoms with Crippen molar-refractivity contribution in [2.24, 2.45) is 11.8 Å². The monoisotopic (exact) mass is 237 g/mol. The molecule has 0 aromatic carbocycles. The fourth-order valence-corrected chi connectivity index (χ4v) is 2.09. The number of halogens is 3. The highest BCUT2D eigenvalue weighted by Crippen LogP contribution is 2.28. The minimum atomic E-state index is -4.38. The van der Waals surface area contributed by atoms with Gasteiger partial charge in [-0.15, -0.1) is 0 Å². The molecule has 0 radical (unpaired) electrons. The van der Waals surface area contributed by atoms with E-state index in [-0.39, 0.29) is 0 Å². The molecule has 0 saturated carbocycles. The Hall–Kier alpha value is -0.740. The Morgan fingerprint density at radius 2 is 2.12 bits per heavy atom. The third kappa shape index (κ3) is 3.68. The van der Waals surface area contributed by atoms with Gasteiger partial charge in [-0.3, -0.25) is 4.79 Å². The van der Waals surface area contributed by atoms with E-state index in [2.05, 4.69) is 13.8 Å². The maximum absolute atomic E-state index is 12.0. The summed E-state index contributed by atoms with van der Waals surface area (Å²) in [5.74, 6) is 0.0594. The Morgan fingerprint density at radius 3 is 2.62 bits per heavy atom. The Bertz CT molecular complexity index is 252. The molecule has 16 heavy (non-hydrogen) atoms. The predicted octanol–water partition coefficient (Wildman–Crippen LogP) is 2.83. The SMILES string of the molecule is CCC(C)C1CCN(C(=O)CC(F)(F)F)C1. The van der Waals surface area contributed by atoms with Gasteiger partial charge in [0.15, 0.2) is 0 Å². The number of alkyl halides is 3. The van der Waals surface area contributed by atoms with Crippen LogP contribution >= 0.6 is 0 Å². The second-order valence-corrected chi connectivity index (χ2v) is 4.57. The third-order valence-corrected chi connectivity index (χ3v) is 3.38. The molecule has 1 aliphatic rings. The van der Waals surface area contributed by atoms with Gasteiger partial charge in [-0.25, -0.2) is 0 Å². The van der Waals surface area contributed by atoms with Crippen molar-refractivity contribution >= 4 is 5.91 Å². The molecule has 2 atom stereocenters. The topological polar surface area (TPSA) is 20.3 Å². The summed E-state index contributed by atoms with van der Waals surface area (Å²) in [6.07, 6.45) is -3.86.